The first kappa shape index (κ1) is 12.7. The smallest absolute Gasteiger partial charge is 0.205 e. The summed E-state index contributed by atoms with van der Waals surface area (Å²) in [5, 5.41) is 1.08. The van der Waals surface area contributed by atoms with Gasteiger partial charge in [0.05, 0.1) is 6.61 Å². The molecule has 0 aromatic carbocycles. The fourth-order valence-corrected chi connectivity index (χ4v) is 2.70. The Labute approximate surface area is 107 Å². The van der Waals surface area contributed by atoms with Gasteiger partial charge in [0, 0.05) is 57.8 Å². The van der Waals surface area contributed by atoms with Crippen molar-refractivity contribution in [2.75, 3.05) is 51.3 Å². The number of methoxy groups -OCH3 is 1. The van der Waals surface area contributed by atoms with Gasteiger partial charge in [0.2, 0.25) is 5.13 Å². The number of anilines is 1. The van der Waals surface area contributed by atoms with Crippen molar-refractivity contribution in [3.8, 4) is 0 Å². The van der Waals surface area contributed by atoms with Crippen molar-refractivity contribution in [3.05, 3.63) is 5.82 Å². The fraction of sp³-hybridized carbons (Fsp3) is 0.818. The summed E-state index contributed by atoms with van der Waals surface area (Å²) in [5.74, 6) is 0.965. The molecule has 0 unspecified atom stereocenters. The number of hydrogen-bond donors (Lipinski definition) is 0. The van der Waals surface area contributed by atoms with E-state index in [1.54, 1.807) is 7.11 Å². The number of aryl methyl sites for hydroxylation is 1. The lowest BCUT2D eigenvalue weighted by Gasteiger charge is -2.34. The zero-order valence-electron chi connectivity index (χ0n) is 10.6. The largest absolute Gasteiger partial charge is 0.383 e. The molecule has 0 N–H and O–H groups in total. The normalized spacial score (nSPS) is 17.6. The summed E-state index contributed by atoms with van der Waals surface area (Å²) in [6, 6.07) is 0. The summed E-state index contributed by atoms with van der Waals surface area (Å²) in [4.78, 5) is 9.30. The summed E-state index contributed by atoms with van der Waals surface area (Å²) in [6.45, 7) is 8.20. The molecular weight excluding hydrogens is 236 g/mol. The van der Waals surface area contributed by atoms with Crippen LogP contribution in [0.15, 0.2) is 0 Å². The Hall–Kier alpha value is -0.720. The highest BCUT2D eigenvalue weighted by molar-refractivity contribution is 7.09. The summed E-state index contributed by atoms with van der Waals surface area (Å²) in [7, 11) is 1.75. The van der Waals surface area contributed by atoms with Gasteiger partial charge in [0.1, 0.15) is 5.82 Å². The Morgan fingerprint density at radius 1 is 1.29 bits per heavy atom. The predicted octanol–water partition coefficient (Wildman–Crippen LogP) is 0.869. The Balaban J connectivity index is 1.82. The fourth-order valence-electron chi connectivity index (χ4n) is 1.90. The highest BCUT2D eigenvalue weighted by Gasteiger charge is 2.19. The van der Waals surface area contributed by atoms with Crippen LogP contribution in [0.5, 0.6) is 0 Å². The van der Waals surface area contributed by atoms with Gasteiger partial charge in [-0.05, 0) is 0 Å². The Kier molecular flexibility index (Phi) is 4.70. The second kappa shape index (κ2) is 6.28. The highest BCUT2D eigenvalue weighted by Crippen LogP contribution is 2.18. The average molecular weight is 256 g/mol. The second-order valence-corrected chi connectivity index (χ2v) is 4.90. The van der Waals surface area contributed by atoms with E-state index in [-0.39, 0.29) is 0 Å². The standard InChI is InChI=1S/C11H20N4OS/c1-3-10-12-11(17-13-10)15-6-4-14(5-7-15)8-9-16-2/h3-9H2,1-2H3. The molecule has 0 spiro atoms. The van der Waals surface area contributed by atoms with E-state index in [0.29, 0.717) is 0 Å². The number of ether oxygens (including phenoxy) is 1. The summed E-state index contributed by atoms with van der Waals surface area (Å²) >= 11 is 1.52. The van der Waals surface area contributed by atoms with Crippen LogP contribution >= 0.6 is 11.5 Å². The molecule has 2 rings (SSSR count). The molecule has 1 saturated heterocycles. The van der Waals surface area contributed by atoms with Gasteiger partial charge in [-0.3, -0.25) is 4.90 Å². The van der Waals surface area contributed by atoms with Crippen LogP contribution in [0.2, 0.25) is 0 Å². The topological polar surface area (TPSA) is 41.5 Å². The van der Waals surface area contributed by atoms with E-state index < -0.39 is 0 Å². The molecule has 0 atom stereocenters. The molecule has 1 aromatic rings. The van der Waals surface area contributed by atoms with Crippen LogP contribution in [-0.4, -0.2) is 60.7 Å². The van der Waals surface area contributed by atoms with Gasteiger partial charge in [-0.2, -0.15) is 4.37 Å². The lowest BCUT2D eigenvalue weighted by molar-refractivity contribution is 0.144. The molecule has 96 valence electrons. The maximum absolute atomic E-state index is 5.10. The van der Waals surface area contributed by atoms with Crippen molar-refractivity contribution in [1.82, 2.24) is 14.3 Å². The van der Waals surface area contributed by atoms with Crippen molar-refractivity contribution in [3.63, 3.8) is 0 Å². The van der Waals surface area contributed by atoms with Crippen LogP contribution in [0.25, 0.3) is 0 Å². The van der Waals surface area contributed by atoms with Gasteiger partial charge < -0.3 is 9.64 Å². The van der Waals surface area contributed by atoms with Crippen LogP contribution in [0, 0.1) is 0 Å². The van der Waals surface area contributed by atoms with Crippen molar-refractivity contribution in [2.24, 2.45) is 0 Å². The first-order valence-electron chi connectivity index (χ1n) is 6.12. The molecule has 1 fully saturated rings. The van der Waals surface area contributed by atoms with Gasteiger partial charge in [-0.1, -0.05) is 6.92 Å². The van der Waals surface area contributed by atoms with Crippen LogP contribution < -0.4 is 4.90 Å². The molecule has 0 bridgehead atoms. The molecule has 0 aliphatic carbocycles. The van der Waals surface area contributed by atoms with Gasteiger partial charge >= 0.3 is 0 Å². The molecule has 1 aliphatic heterocycles. The maximum Gasteiger partial charge on any atom is 0.205 e. The zero-order valence-corrected chi connectivity index (χ0v) is 11.4. The molecule has 0 amide bonds. The van der Waals surface area contributed by atoms with E-state index in [9.17, 15) is 0 Å². The molecule has 1 aliphatic rings. The van der Waals surface area contributed by atoms with Gasteiger partial charge in [-0.15, -0.1) is 0 Å². The van der Waals surface area contributed by atoms with E-state index in [4.69, 9.17) is 4.74 Å². The lowest BCUT2D eigenvalue weighted by Crippen LogP contribution is -2.47. The molecule has 2 heterocycles. The van der Waals surface area contributed by atoms with E-state index in [0.717, 1.165) is 56.7 Å². The Morgan fingerprint density at radius 2 is 2.06 bits per heavy atom. The number of nitrogens with zero attached hydrogens (tertiary/aromatic N) is 4. The third kappa shape index (κ3) is 3.37. The minimum atomic E-state index is 0.818. The van der Waals surface area contributed by atoms with Crippen LogP contribution in [0.3, 0.4) is 0 Å². The molecule has 6 heteroatoms. The van der Waals surface area contributed by atoms with Gasteiger partial charge in [0.15, 0.2) is 0 Å². The molecule has 0 radical (unpaired) electrons. The highest BCUT2D eigenvalue weighted by atomic mass is 32.1. The SMILES string of the molecule is CCc1nsc(N2CCN(CCOC)CC2)n1. The Morgan fingerprint density at radius 3 is 2.65 bits per heavy atom. The predicted molar refractivity (Wildman–Crippen MR) is 69.8 cm³/mol. The van der Waals surface area contributed by atoms with Crippen LogP contribution in [0.1, 0.15) is 12.7 Å². The van der Waals surface area contributed by atoms with E-state index in [1.807, 2.05) is 0 Å². The monoisotopic (exact) mass is 256 g/mol. The van der Waals surface area contributed by atoms with E-state index in [1.165, 1.54) is 11.5 Å². The number of piperazine rings is 1. The average Bonchev–Trinajstić information content (AvgIpc) is 2.86. The van der Waals surface area contributed by atoms with Crippen molar-refractivity contribution in [1.29, 1.82) is 0 Å². The summed E-state index contributed by atoms with van der Waals surface area (Å²) < 4.78 is 9.43. The minimum Gasteiger partial charge on any atom is -0.383 e. The third-order valence-corrected chi connectivity index (χ3v) is 3.84. The van der Waals surface area contributed by atoms with Crippen LogP contribution in [0.4, 0.5) is 5.13 Å². The van der Waals surface area contributed by atoms with Gasteiger partial charge in [-0.25, -0.2) is 4.98 Å². The van der Waals surface area contributed by atoms with Crippen molar-refractivity contribution < 1.29 is 4.74 Å². The van der Waals surface area contributed by atoms with Gasteiger partial charge in [0.25, 0.3) is 0 Å². The number of aromatic nitrogens is 2. The van der Waals surface area contributed by atoms with E-state index in [2.05, 4.69) is 26.1 Å². The number of rotatable bonds is 5. The first-order chi connectivity index (χ1) is 8.33. The zero-order chi connectivity index (χ0) is 12.1. The second-order valence-electron chi connectivity index (χ2n) is 4.17. The maximum atomic E-state index is 5.10. The van der Waals surface area contributed by atoms with E-state index >= 15 is 0 Å². The number of hydrogen-bond acceptors (Lipinski definition) is 6. The van der Waals surface area contributed by atoms with Crippen molar-refractivity contribution >= 4 is 16.7 Å². The summed E-state index contributed by atoms with van der Waals surface area (Å²) in [5.41, 5.74) is 0. The van der Waals surface area contributed by atoms with Crippen LogP contribution in [-0.2, 0) is 11.2 Å². The molecule has 17 heavy (non-hydrogen) atoms. The van der Waals surface area contributed by atoms with Crippen molar-refractivity contribution in [2.45, 2.75) is 13.3 Å². The Bertz CT molecular complexity index is 336. The molecular formula is C11H20N4OS. The molecule has 0 saturated carbocycles. The third-order valence-electron chi connectivity index (χ3n) is 3.03. The first-order valence-corrected chi connectivity index (χ1v) is 6.89. The molecule has 1 aromatic heterocycles. The lowest BCUT2D eigenvalue weighted by atomic mass is 10.3. The molecule has 5 nitrogen and oxygen atoms in total. The minimum absolute atomic E-state index is 0.818. The summed E-state index contributed by atoms with van der Waals surface area (Å²) in [6.07, 6.45) is 0.921. The quantitative estimate of drug-likeness (QED) is 0.782.